The number of amides is 1. The van der Waals surface area contributed by atoms with E-state index >= 15 is 0 Å². The second-order valence-corrected chi connectivity index (χ2v) is 11.1. The first-order valence-electron chi connectivity index (χ1n) is 14.6. The van der Waals surface area contributed by atoms with Gasteiger partial charge in [0.1, 0.15) is 29.6 Å². The van der Waals surface area contributed by atoms with Crippen LogP contribution in [0, 0.1) is 0 Å². The molecule has 5 aromatic carbocycles. The maximum absolute atomic E-state index is 12.9. The van der Waals surface area contributed by atoms with Gasteiger partial charge in [0.15, 0.2) is 6.10 Å². The number of hydrogen-bond donors (Lipinski definition) is 1. The van der Waals surface area contributed by atoms with Crippen LogP contribution in [-0.2, 0) is 11.4 Å². The number of halogens is 2. The van der Waals surface area contributed by atoms with Crippen molar-refractivity contribution in [3.63, 3.8) is 0 Å². The fourth-order valence-electron chi connectivity index (χ4n) is 4.14. The average molecular weight is 684 g/mol. The van der Waals surface area contributed by atoms with E-state index < -0.39 is 23.9 Å². The summed E-state index contributed by atoms with van der Waals surface area (Å²) in [5.74, 6) is -0.602. The SMILES string of the molecule is C[C@H](Oc1ccc(OCc2ccccc2)cc1)C(=O)N/N=C\c1ccc(OC(=O)c2ccc(Cl)cc2)cc1OC(=O)c1ccc(Cl)cc1. The van der Waals surface area contributed by atoms with Crippen LogP contribution in [0.25, 0.3) is 0 Å². The number of nitrogens with one attached hydrogen (secondary N) is 1. The van der Waals surface area contributed by atoms with Crippen LogP contribution in [-0.4, -0.2) is 30.2 Å². The zero-order valence-electron chi connectivity index (χ0n) is 25.5. The van der Waals surface area contributed by atoms with Crippen molar-refractivity contribution in [2.75, 3.05) is 0 Å². The lowest BCUT2D eigenvalue weighted by molar-refractivity contribution is -0.127. The van der Waals surface area contributed by atoms with Gasteiger partial charge in [-0.15, -0.1) is 0 Å². The fraction of sp³-hybridized carbons (Fsp3) is 0.0811. The molecule has 0 saturated carbocycles. The Morgan fingerprint density at radius 1 is 0.708 bits per heavy atom. The minimum absolute atomic E-state index is 0.0215. The van der Waals surface area contributed by atoms with Crippen LogP contribution < -0.4 is 24.4 Å². The van der Waals surface area contributed by atoms with Crippen LogP contribution >= 0.6 is 23.2 Å². The Hall–Kier alpha value is -5.64. The van der Waals surface area contributed by atoms with Crippen LogP contribution in [0.15, 0.2) is 126 Å². The number of rotatable bonds is 12. The molecule has 0 spiro atoms. The van der Waals surface area contributed by atoms with Crippen molar-refractivity contribution in [3.05, 3.63) is 154 Å². The molecule has 1 amide bonds. The van der Waals surface area contributed by atoms with Gasteiger partial charge in [-0.25, -0.2) is 15.0 Å². The van der Waals surface area contributed by atoms with Crippen molar-refractivity contribution < 1.29 is 33.3 Å². The normalized spacial score (nSPS) is 11.4. The van der Waals surface area contributed by atoms with Gasteiger partial charge in [-0.3, -0.25) is 4.79 Å². The molecule has 48 heavy (non-hydrogen) atoms. The number of carbonyl (C=O) groups is 3. The van der Waals surface area contributed by atoms with Gasteiger partial charge in [-0.1, -0.05) is 53.5 Å². The molecule has 5 aromatic rings. The zero-order chi connectivity index (χ0) is 33.9. The summed E-state index contributed by atoms with van der Waals surface area (Å²) in [5.41, 5.74) is 4.29. The summed E-state index contributed by atoms with van der Waals surface area (Å²) >= 11 is 11.9. The molecule has 0 aromatic heterocycles. The van der Waals surface area contributed by atoms with Crippen molar-refractivity contribution in [2.45, 2.75) is 19.6 Å². The minimum Gasteiger partial charge on any atom is -0.489 e. The highest BCUT2D eigenvalue weighted by atomic mass is 35.5. The number of benzene rings is 5. The smallest absolute Gasteiger partial charge is 0.343 e. The first kappa shape index (κ1) is 33.7. The Kier molecular flexibility index (Phi) is 11.4. The Labute approximate surface area is 286 Å². The van der Waals surface area contributed by atoms with Crippen LogP contribution in [0.1, 0.15) is 38.8 Å². The molecule has 0 bridgehead atoms. The van der Waals surface area contributed by atoms with Gasteiger partial charge in [-0.2, -0.15) is 5.10 Å². The number of hydrazone groups is 1. The standard InChI is InChI=1S/C37H28Cl2N2O7/c1-24(46-32-19-17-31(18-20-32)45-23-25-5-3-2-4-6-25)35(42)41-40-22-28-11-16-33(47-36(43)26-7-12-29(38)13-8-26)21-34(28)48-37(44)27-9-14-30(39)15-10-27/h2-22,24H,23H2,1H3,(H,41,42)/b40-22-/t24-/m0/s1. The number of esters is 2. The molecule has 242 valence electrons. The van der Waals surface area contributed by atoms with E-state index in [9.17, 15) is 14.4 Å². The Morgan fingerprint density at radius 3 is 1.90 bits per heavy atom. The van der Waals surface area contributed by atoms with Crippen LogP contribution in [0.2, 0.25) is 10.0 Å². The molecule has 0 saturated heterocycles. The van der Waals surface area contributed by atoms with Gasteiger partial charge in [0.2, 0.25) is 0 Å². The lowest BCUT2D eigenvalue weighted by atomic mass is 10.2. The molecule has 1 atom stereocenters. The monoisotopic (exact) mass is 682 g/mol. The molecular weight excluding hydrogens is 655 g/mol. The van der Waals surface area contributed by atoms with E-state index in [4.69, 9.17) is 42.1 Å². The van der Waals surface area contributed by atoms with E-state index in [1.54, 1.807) is 55.5 Å². The van der Waals surface area contributed by atoms with Gasteiger partial charge >= 0.3 is 11.9 Å². The topological polar surface area (TPSA) is 113 Å². The summed E-state index contributed by atoms with van der Waals surface area (Å²) in [5, 5.41) is 4.94. The van der Waals surface area contributed by atoms with Crippen molar-refractivity contribution >= 4 is 47.3 Å². The molecular formula is C37H28Cl2N2O7. The lowest BCUT2D eigenvalue weighted by Gasteiger charge is -2.14. The summed E-state index contributed by atoms with van der Waals surface area (Å²) in [6, 6.07) is 33.4. The molecule has 0 unspecified atom stereocenters. The zero-order valence-corrected chi connectivity index (χ0v) is 27.0. The first-order valence-corrected chi connectivity index (χ1v) is 15.3. The van der Waals surface area contributed by atoms with Crippen LogP contribution in [0.4, 0.5) is 0 Å². The highest BCUT2D eigenvalue weighted by Crippen LogP contribution is 2.26. The van der Waals surface area contributed by atoms with Crippen molar-refractivity contribution in [3.8, 4) is 23.0 Å². The first-order chi connectivity index (χ1) is 23.2. The molecule has 0 aliphatic carbocycles. The number of carbonyl (C=O) groups excluding carboxylic acids is 3. The third kappa shape index (κ3) is 9.68. The lowest BCUT2D eigenvalue weighted by Crippen LogP contribution is -2.33. The Balaban J connectivity index is 1.22. The molecule has 0 fully saturated rings. The Morgan fingerprint density at radius 2 is 1.27 bits per heavy atom. The predicted octanol–water partition coefficient (Wildman–Crippen LogP) is 7.93. The fourth-order valence-corrected chi connectivity index (χ4v) is 4.39. The van der Waals surface area contributed by atoms with Gasteiger partial charge in [0, 0.05) is 21.7 Å². The van der Waals surface area contributed by atoms with E-state index in [-0.39, 0.29) is 22.6 Å². The van der Waals surface area contributed by atoms with E-state index in [0.717, 1.165) is 5.56 Å². The van der Waals surface area contributed by atoms with Crippen LogP contribution in [0.3, 0.4) is 0 Å². The van der Waals surface area contributed by atoms with Gasteiger partial charge < -0.3 is 18.9 Å². The molecule has 9 nitrogen and oxygen atoms in total. The molecule has 0 radical (unpaired) electrons. The van der Waals surface area contributed by atoms with E-state index in [2.05, 4.69) is 10.5 Å². The van der Waals surface area contributed by atoms with E-state index in [1.807, 2.05) is 30.3 Å². The largest absolute Gasteiger partial charge is 0.489 e. The van der Waals surface area contributed by atoms with Crippen molar-refractivity contribution in [2.24, 2.45) is 5.10 Å². The predicted molar refractivity (Wildman–Crippen MR) is 182 cm³/mol. The summed E-state index contributed by atoms with van der Waals surface area (Å²) < 4.78 is 22.6. The molecule has 5 rings (SSSR count). The highest BCUT2D eigenvalue weighted by Gasteiger charge is 2.17. The number of nitrogens with zero attached hydrogens (tertiary/aromatic N) is 1. The second kappa shape index (κ2) is 16.3. The molecule has 0 aliphatic rings. The van der Waals surface area contributed by atoms with Gasteiger partial charge in [0.25, 0.3) is 5.91 Å². The highest BCUT2D eigenvalue weighted by molar-refractivity contribution is 6.31. The maximum Gasteiger partial charge on any atom is 0.343 e. The third-order valence-corrected chi connectivity index (χ3v) is 7.19. The second-order valence-electron chi connectivity index (χ2n) is 10.2. The summed E-state index contributed by atoms with van der Waals surface area (Å²) in [6.07, 6.45) is 0.397. The molecule has 11 heteroatoms. The van der Waals surface area contributed by atoms with E-state index in [1.165, 1.54) is 48.7 Å². The maximum atomic E-state index is 12.9. The summed E-state index contributed by atoms with van der Waals surface area (Å²) in [4.78, 5) is 38.3. The quantitative estimate of drug-likeness (QED) is 0.0615. The summed E-state index contributed by atoms with van der Waals surface area (Å²) in [7, 11) is 0. The van der Waals surface area contributed by atoms with Gasteiger partial charge in [0.05, 0.1) is 17.3 Å². The number of hydrogen-bond acceptors (Lipinski definition) is 8. The van der Waals surface area contributed by atoms with Crippen molar-refractivity contribution in [1.82, 2.24) is 5.43 Å². The molecule has 0 aliphatic heterocycles. The van der Waals surface area contributed by atoms with E-state index in [0.29, 0.717) is 33.7 Å². The molecule has 1 N–H and O–H groups in total. The minimum atomic E-state index is -0.893. The van der Waals surface area contributed by atoms with Gasteiger partial charge in [-0.05, 0) is 97.4 Å². The molecule has 0 heterocycles. The van der Waals surface area contributed by atoms with Crippen molar-refractivity contribution in [1.29, 1.82) is 0 Å². The van der Waals surface area contributed by atoms with Crippen LogP contribution in [0.5, 0.6) is 23.0 Å². The Bertz CT molecular complexity index is 1900. The number of ether oxygens (including phenoxy) is 4. The third-order valence-electron chi connectivity index (χ3n) is 6.69. The summed E-state index contributed by atoms with van der Waals surface area (Å²) in [6.45, 7) is 2.00. The average Bonchev–Trinajstić information content (AvgIpc) is 3.09.